The molecule has 0 saturated carbocycles. The second kappa shape index (κ2) is 8.08. The molecule has 26 heavy (non-hydrogen) atoms. The first-order chi connectivity index (χ1) is 12.3. The third-order valence-corrected chi connectivity index (χ3v) is 6.47. The molecule has 1 N–H and O–H groups in total. The van der Waals surface area contributed by atoms with Crippen LogP contribution >= 0.6 is 0 Å². The van der Waals surface area contributed by atoms with E-state index in [4.69, 9.17) is 4.42 Å². The zero-order valence-corrected chi connectivity index (χ0v) is 16.0. The van der Waals surface area contributed by atoms with E-state index in [1.807, 2.05) is 4.90 Å². The van der Waals surface area contributed by atoms with Gasteiger partial charge in [-0.3, -0.25) is 9.80 Å². The molecule has 1 aromatic heterocycles. The summed E-state index contributed by atoms with van der Waals surface area (Å²) in [6, 6.07) is 0. The van der Waals surface area contributed by atoms with Crippen molar-refractivity contribution in [3.63, 3.8) is 0 Å². The van der Waals surface area contributed by atoms with Crippen LogP contribution < -0.4 is 5.63 Å². The van der Waals surface area contributed by atoms with E-state index in [1.54, 1.807) is 0 Å². The summed E-state index contributed by atoms with van der Waals surface area (Å²) in [6.45, 7) is 4.62. The molecule has 2 fully saturated rings. The second-order valence-corrected chi connectivity index (χ2v) is 9.13. The lowest BCUT2D eigenvalue weighted by atomic mass is 10.1. The SMILES string of the molecule is CS(=O)(=O)N1CCN(Cc2c(O)c(CN3CCCCC3)coc2=O)CC1. The van der Waals surface area contributed by atoms with Gasteiger partial charge in [0, 0.05) is 44.8 Å². The van der Waals surface area contributed by atoms with Crippen molar-refractivity contribution in [2.75, 3.05) is 45.5 Å². The van der Waals surface area contributed by atoms with E-state index >= 15 is 0 Å². The second-order valence-electron chi connectivity index (χ2n) is 7.15. The molecule has 2 aliphatic rings. The summed E-state index contributed by atoms with van der Waals surface area (Å²) >= 11 is 0. The minimum Gasteiger partial charge on any atom is -0.507 e. The summed E-state index contributed by atoms with van der Waals surface area (Å²) < 4.78 is 29.8. The number of likely N-dealkylation sites (tertiary alicyclic amines) is 1. The first-order valence-corrected chi connectivity index (χ1v) is 10.9. The van der Waals surface area contributed by atoms with Crippen molar-refractivity contribution in [2.24, 2.45) is 0 Å². The highest BCUT2D eigenvalue weighted by Crippen LogP contribution is 2.24. The lowest BCUT2D eigenvalue weighted by molar-refractivity contribution is 0.177. The van der Waals surface area contributed by atoms with Crippen molar-refractivity contribution in [3.8, 4) is 5.75 Å². The summed E-state index contributed by atoms with van der Waals surface area (Å²) in [5.41, 5.74) is 0.360. The number of hydrogen-bond acceptors (Lipinski definition) is 7. The molecule has 3 rings (SSSR count). The van der Waals surface area contributed by atoms with E-state index in [0.717, 1.165) is 25.9 Å². The van der Waals surface area contributed by atoms with Crippen LogP contribution in [0.3, 0.4) is 0 Å². The third kappa shape index (κ3) is 4.64. The Hall–Kier alpha value is -1.42. The maximum Gasteiger partial charge on any atom is 0.343 e. The average Bonchev–Trinajstić information content (AvgIpc) is 2.62. The van der Waals surface area contributed by atoms with Gasteiger partial charge in [0.2, 0.25) is 10.0 Å². The molecule has 0 radical (unpaired) electrons. The topological polar surface area (TPSA) is 94.3 Å². The average molecular weight is 385 g/mol. The number of sulfonamides is 1. The lowest BCUT2D eigenvalue weighted by Gasteiger charge is -2.33. The number of rotatable bonds is 5. The summed E-state index contributed by atoms with van der Waals surface area (Å²) in [6.07, 6.45) is 6.09. The smallest absolute Gasteiger partial charge is 0.343 e. The van der Waals surface area contributed by atoms with Gasteiger partial charge in [-0.05, 0) is 25.9 Å². The van der Waals surface area contributed by atoms with Gasteiger partial charge < -0.3 is 9.52 Å². The quantitative estimate of drug-likeness (QED) is 0.784. The van der Waals surface area contributed by atoms with Gasteiger partial charge in [0.25, 0.3) is 0 Å². The molecule has 146 valence electrons. The number of nitrogens with zero attached hydrogens (tertiary/aromatic N) is 3. The summed E-state index contributed by atoms with van der Waals surface area (Å²) in [4.78, 5) is 16.3. The van der Waals surface area contributed by atoms with Crippen LogP contribution in [0.25, 0.3) is 0 Å². The van der Waals surface area contributed by atoms with E-state index in [9.17, 15) is 18.3 Å². The van der Waals surface area contributed by atoms with Gasteiger partial charge in [0.05, 0.1) is 11.8 Å². The van der Waals surface area contributed by atoms with Crippen molar-refractivity contribution in [3.05, 3.63) is 27.8 Å². The van der Waals surface area contributed by atoms with Crippen LogP contribution in [0.15, 0.2) is 15.5 Å². The number of piperidine rings is 1. The molecule has 0 atom stereocenters. The van der Waals surface area contributed by atoms with Crippen LogP contribution in [-0.2, 0) is 23.1 Å². The van der Waals surface area contributed by atoms with Crippen molar-refractivity contribution in [1.29, 1.82) is 0 Å². The van der Waals surface area contributed by atoms with Crippen LogP contribution in [0.5, 0.6) is 5.75 Å². The number of aromatic hydroxyl groups is 1. The Balaban J connectivity index is 1.68. The monoisotopic (exact) mass is 385 g/mol. The molecule has 0 spiro atoms. The zero-order valence-electron chi connectivity index (χ0n) is 15.2. The van der Waals surface area contributed by atoms with Gasteiger partial charge in [-0.1, -0.05) is 6.42 Å². The van der Waals surface area contributed by atoms with E-state index in [-0.39, 0.29) is 17.9 Å². The van der Waals surface area contributed by atoms with Crippen molar-refractivity contribution in [2.45, 2.75) is 32.4 Å². The Bertz CT molecular complexity index is 778. The highest BCUT2D eigenvalue weighted by Gasteiger charge is 2.25. The van der Waals surface area contributed by atoms with Crippen molar-refractivity contribution >= 4 is 10.0 Å². The van der Waals surface area contributed by atoms with Crippen LogP contribution in [0.4, 0.5) is 0 Å². The molecule has 2 aliphatic heterocycles. The highest BCUT2D eigenvalue weighted by molar-refractivity contribution is 7.88. The van der Waals surface area contributed by atoms with Gasteiger partial charge in [-0.25, -0.2) is 13.2 Å². The van der Waals surface area contributed by atoms with E-state index in [0.29, 0.717) is 38.3 Å². The predicted octanol–water partition coefficient (Wildman–Crippen LogP) is 0.409. The van der Waals surface area contributed by atoms with Crippen LogP contribution in [0.1, 0.15) is 30.4 Å². The molecule has 3 heterocycles. The van der Waals surface area contributed by atoms with Gasteiger partial charge in [0.15, 0.2) is 0 Å². The molecule has 0 bridgehead atoms. The van der Waals surface area contributed by atoms with Gasteiger partial charge >= 0.3 is 5.63 Å². The molecule has 0 aromatic carbocycles. The van der Waals surface area contributed by atoms with Crippen molar-refractivity contribution < 1.29 is 17.9 Å². The van der Waals surface area contributed by atoms with E-state index in [2.05, 4.69) is 4.90 Å². The fraction of sp³-hybridized carbons (Fsp3) is 0.706. The first kappa shape index (κ1) is 19.3. The highest BCUT2D eigenvalue weighted by atomic mass is 32.2. The van der Waals surface area contributed by atoms with Crippen LogP contribution in [-0.4, -0.2) is 73.2 Å². The first-order valence-electron chi connectivity index (χ1n) is 9.07. The van der Waals surface area contributed by atoms with Gasteiger partial charge in [0.1, 0.15) is 12.0 Å². The largest absolute Gasteiger partial charge is 0.507 e. The molecule has 0 amide bonds. The molecular weight excluding hydrogens is 358 g/mol. The van der Waals surface area contributed by atoms with E-state index in [1.165, 1.54) is 23.2 Å². The van der Waals surface area contributed by atoms with Gasteiger partial charge in [-0.2, -0.15) is 4.31 Å². The lowest BCUT2D eigenvalue weighted by Crippen LogP contribution is -2.48. The molecule has 0 aliphatic carbocycles. The number of hydrogen-bond donors (Lipinski definition) is 1. The standard InChI is InChI=1S/C17H27N3O5S/c1-26(23,24)20-9-7-19(8-10-20)12-15-16(21)14(13-25-17(15)22)11-18-5-3-2-4-6-18/h13,21H,2-12H2,1H3. The minimum atomic E-state index is -3.19. The zero-order chi connectivity index (χ0) is 18.7. The Kier molecular flexibility index (Phi) is 6.01. The Morgan fingerprint density at radius 1 is 1.00 bits per heavy atom. The summed E-state index contributed by atoms with van der Waals surface area (Å²) in [5.74, 6) is 0.0115. The Morgan fingerprint density at radius 3 is 2.23 bits per heavy atom. The number of piperazine rings is 1. The molecule has 0 unspecified atom stereocenters. The Morgan fingerprint density at radius 2 is 1.62 bits per heavy atom. The predicted molar refractivity (Wildman–Crippen MR) is 97.5 cm³/mol. The van der Waals surface area contributed by atoms with E-state index < -0.39 is 15.6 Å². The van der Waals surface area contributed by atoms with Crippen LogP contribution in [0.2, 0.25) is 0 Å². The fourth-order valence-electron chi connectivity index (χ4n) is 3.59. The normalized spacial score (nSPS) is 21.1. The minimum absolute atomic E-state index is 0.0115. The molecule has 9 heteroatoms. The summed E-state index contributed by atoms with van der Waals surface area (Å²) in [5, 5.41) is 10.6. The summed E-state index contributed by atoms with van der Waals surface area (Å²) in [7, 11) is -3.19. The molecular formula is C17H27N3O5S. The maximum absolute atomic E-state index is 12.1. The molecule has 2 saturated heterocycles. The Labute approximate surface area is 154 Å². The van der Waals surface area contributed by atoms with Crippen molar-refractivity contribution in [1.82, 2.24) is 14.1 Å². The third-order valence-electron chi connectivity index (χ3n) is 5.17. The van der Waals surface area contributed by atoms with Gasteiger partial charge in [-0.15, -0.1) is 0 Å². The molecule has 8 nitrogen and oxygen atoms in total. The fourth-order valence-corrected chi connectivity index (χ4v) is 4.42. The maximum atomic E-state index is 12.1. The van der Waals surface area contributed by atoms with Crippen LogP contribution in [0, 0.1) is 0 Å². The molecule has 1 aromatic rings.